The molecule has 0 aliphatic heterocycles. The molecule has 0 rings (SSSR count). The Morgan fingerprint density at radius 1 is 1.25 bits per heavy atom. The minimum atomic E-state index is 0. The maximum Gasteiger partial charge on any atom is 2.00 e. The van der Waals surface area contributed by atoms with Gasteiger partial charge >= 0.3 is 27.2 Å². The van der Waals surface area contributed by atoms with Crippen LogP contribution >= 0.6 is 0 Å². The van der Waals surface area contributed by atoms with Crippen LogP contribution in [0.3, 0.4) is 0 Å². The van der Waals surface area contributed by atoms with Crippen molar-refractivity contribution < 1.29 is 25.4 Å². The average Bonchev–Trinajstić information content (AvgIpc) is 0. The molecular formula is CH6BeCuO. The third-order valence-electron chi connectivity index (χ3n) is 0. The van der Waals surface area contributed by atoms with E-state index >= 15 is 0 Å². The van der Waals surface area contributed by atoms with E-state index in [-0.39, 0.29) is 42.9 Å². The standard InChI is InChI=1S/CH4.Be.Cu.O.2H/h1H4;;;;;/q;2*+2;-2;2*-1. The zero-order valence-electron chi connectivity index (χ0n) is 3.42. The van der Waals surface area contributed by atoms with Gasteiger partial charge in [0.1, 0.15) is 0 Å². The summed E-state index contributed by atoms with van der Waals surface area (Å²) in [6.07, 6.45) is 0. The Bertz CT molecular complexity index is 13.5. The van der Waals surface area contributed by atoms with Gasteiger partial charge in [0.05, 0.1) is 0 Å². The van der Waals surface area contributed by atoms with Gasteiger partial charge < -0.3 is 8.33 Å². The second kappa shape index (κ2) is 60.9. The van der Waals surface area contributed by atoms with Crippen molar-refractivity contribution in [3.63, 3.8) is 0 Å². The molecule has 0 aliphatic carbocycles. The van der Waals surface area contributed by atoms with Gasteiger partial charge in [0.25, 0.3) is 0 Å². The summed E-state index contributed by atoms with van der Waals surface area (Å²) in [5, 5.41) is 0. The van der Waals surface area contributed by atoms with Crippen molar-refractivity contribution in [3.05, 3.63) is 0 Å². The van der Waals surface area contributed by atoms with Gasteiger partial charge in [0.2, 0.25) is 0 Å². The normalized spacial score (nSPS) is 0. The second-order valence-corrected chi connectivity index (χ2v) is 0. The zero-order chi connectivity index (χ0) is 0. The van der Waals surface area contributed by atoms with Crippen molar-refractivity contribution in [3.8, 4) is 0 Å². The summed E-state index contributed by atoms with van der Waals surface area (Å²) in [4.78, 5) is 0. The van der Waals surface area contributed by atoms with Crippen LogP contribution in [0.2, 0.25) is 0 Å². The zero-order valence-corrected chi connectivity index (χ0v) is 2.36. The molecule has 0 aromatic heterocycles. The molecule has 0 fully saturated rings. The fraction of sp³-hybridized carbons (Fsp3) is 1.00. The molecular weight excluding hydrogens is 101 g/mol. The van der Waals surface area contributed by atoms with Crippen LogP contribution in [0.5, 0.6) is 0 Å². The fourth-order valence-electron chi connectivity index (χ4n) is 0. The quantitative estimate of drug-likeness (QED) is 0.399. The van der Waals surface area contributed by atoms with Crippen LogP contribution < -0.4 is 0 Å². The Balaban J connectivity index is 0. The van der Waals surface area contributed by atoms with Crippen molar-refractivity contribution in [1.29, 1.82) is 0 Å². The van der Waals surface area contributed by atoms with E-state index in [1.54, 1.807) is 0 Å². The van der Waals surface area contributed by atoms with Crippen LogP contribution in [-0.2, 0) is 22.5 Å². The van der Waals surface area contributed by atoms with Crippen LogP contribution in [-0.4, -0.2) is 10.1 Å². The minimum absolute atomic E-state index is 0. The molecule has 0 saturated carbocycles. The summed E-state index contributed by atoms with van der Waals surface area (Å²) in [6, 6.07) is 0. The van der Waals surface area contributed by atoms with Crippen molar-refractivity contribution in [2.45, 2.75) is 7.43 Å². The van der Waals surface area contributed by atoms with Crippen LogP contribution in [0, 0.1) is 0 Å². The van der Waals surface area contributed by atoms with E-state index in [1.807, 2.05) is 0 Å². The molecule has 3 heteroatoms. The van der Waals surface area contributed by atoms with E-state index in [0.29, 0.717) is 0 Å². The van der Waals surface area contributed by atoms with Crippen LogP contribution in [0.4, 0.5) is 0 Å². The van der Waals surface area contributed by atoms with Gasteiger partial charge in [0, 0.05) is 0 Å². The molecule has 0 atom stereocenters. The Kier molecular flexibility index (Phi) is 2240. The van der Waals surface area contributed by atoms with E-state index in [0.717, 1.165) is 0 Å². The summed E-state index contributed by atoms with van der Waals surface area (Å²) < 4.78 is 0. The molecule has 0 aliphatic rings. The van der Waals surface area contributed by atoms with Crippen molar-refractivity contribution >= 4 is 10.1 Å². The Labute approximate surface area is 43.7 Å². The van der Waals surface area contributed by atoms with E-state index < -0.39 is 0 Å². The minimum Gasteiger partial charge on any atom is -2.00 e. The largest absolute Gasteiger partial charge is 2.00 e. The third kappa shape index (κ3) is 17.1. The smallest absolute Gasteiger partial charge is 2.00 e. The van der Waals surface area contributed by atoms with Gasteiger partial charge in [-0.25, -0.2) is 0 Å². The van der Waals surface area contributed by atoms with Gasteiger partial charge in [-0.1, -0.05) is 7.43 Å². The summed E-state index contributed by atoms with van der Waals surface area (Å²) in [6.45, 7) is 0. The number of hydrogen-bond acceptors (Lipinski definition) is 0. The molecule has 0 amide bonds. The number of rotatable bonds is 0. The Morgan fingerprint density at radius 3 is 1.25 bits per heavy atom. The Hall–Kier alpha value is 0.648. The fourth-order valence-corrected chi connectivity index (χ4v) is 0. The van der Waals surface area contributed by atoms with E-state index in [4.69, 9.17) is 0 Å². The summed E-state index contributed by atoms with van der Waals surface area (Å²) in [5.74, 6) is 0. The topological polar surface area (TPSA) is 28.5 Å². The molecule has 1 radical (unpaired) electrons. The molecule has 0 heterocycles. The van der Waals surface area contributed by atoms with Gasteiger partial charge in [0.15, 0.2) is 0 Å². The first-order chi connectivity index (χ1) is 0. The maximum atomic E-state index is 0. The maximum absolute atomic E-state index is 0. The van der Waals surface area contributed by atoms with Crippen molar-refractivity contribution in [2.24, 2.45) is 0 Å². The molecule has 4 heavy (non-hydrogen) atoms. The molecule has 0 aromatic carbocycles. The summed E-state index contributed by atoms with van der Waals surface area (Å²) >= 11 is 0. The molecule has 1 nitrogen and oxygen atoms in total. The van der Waals surface area contributed by atoms with Gasteiger partial charge in [-0.3, -0.25) is 0 Å². The SMILES string of the molecule is C.[Be+2].[Cu+2].[H-].[H-].[O-2]. The summed E-state index contributed by atoms with van der Waals surface area (Å²) in [7, 11) is 0. The first-order valence-electron chi connectivity index (χ1n) is 0. The first kappa shape index (κ1) is 147. The Morgan fingerprint density at radius 2 is 1.25 bits per heavy atom. The van der Waals surface area contributed by atoms with Crippen LogP contribution in [0.15, 0.2) is 0 Å². The predicted molar refractivity (Wildman–Crippen MR) is 15.4 cm³/mol. The first-order valence-corrected chi connectivity index (χ1v) is 0. The second-order valence-electron chi connectivity index (χ2n) is 0. The van der Waals surface area contributed by atoms with Crippen molar-refractivity contribution in [2.75, 3.05) is 0 Å². The van der Waals surface area contributed by atoms with Gasteiger partial charge in [-0.2, -0.15) is 0 Å². The average molecular weight is 107 g/mol. The molecule has 0 aromatic rings. The predicted octanol–water partition coefficient (Wildman–Crippen LogP) is 0.359. The molecule has 29 valence electrons. The van der Waals surface area contributed by atoms with E-state index in [2.05, 4.69) is 0 Å². The summed E-state index contributed by atoms with van der Waals surface area (Å²) in [5.41, 5.74) is 0. The molecule has 0 bridgehead atoms. The monoisotopic (exact) mass is 106 g/mol. The van der Waals surface area contributed by atoms with Crippen molar-refractivity contribution in [1.82, 2.24) is 0 Å². The molecule has 0 unspecified atom stereocenters. The molecule has 0 spiro atoms. The molecule has 0 N–H and O–H groups in total. The molecule has 0 saturated heterocycles. The van der Waals surface area contributed by atoms with Crippen LogP contribution in [0.1, 0.15) is 10.3 Å². The van der Waals surface area contributed by atoms with Gasteiger partial charge in [-0.15, -0.1) is 0 Å². The van der Waals surface area contributed by atoms with E-state index in [1.165, 1.54) is 0 Å². The van der Waals surface area contributed by atoms with E-state index in [9.17, 15) is 0 Å². The third-order valence-corrected chi connectivity index (χ3v) is 0. The van der Waals surface area contributed by atoms with Crippen LogP contribution in [0.25, 0.3) is 0 Å². The van der Waals surface area contributed by atoms with Gasteiger partial charge in [-0.05, 0) is 0 Å². The number of hydrogen-bond donors (Lipinski definition) is 0.